The average molecular weight is 253 g/mol. The summed E-state index contributed by atoms with van der Waals surface area (Å²) >= 11 is 6.03. The lowest BCUT2D eigenvalue weighted by Crippen LogP contribution is -1.98. The van der Waals surface area contributed by atoms with Gasteiger partial charge in [-0.1, -0.05) is 37.6 Å². The molecule has 1 unspecified atom stereocenters. The summed E-state index contributed by atoms with van der Waals surface area (Å²) in [5, 5.41) is 11.6. The summed E-state index contributed by atoms with van der Waals surface area (Å²) in [6.07, 6.45) is 1.15. The SMILES string of the molecule is CC(C)CCC(O)c1cc2cccc(Cl)c2o1. The zero-order valence-electron chi connectivity index (χ0n) is 10.1. The first kappa shape index (κ1) is 12.5. The third-order valence-corrected chi connectivity index (χ3v) is 3.16. The number of fused-ring (bicyclic) bond motifs is 1. The summed E-state index contributed by atoms with van der Waals surface area (Å²) in [5.41, 5.74) is 0.660. The molecular formula is C14H17ClO2. The second-order valence-electron chi connectivity index (χ2n) is 4.79. The van der Waals surface area contributed by atoms with Crippen LogP contribution in [0.2, 0.25) is 5.02 Å². The summed E-state index contributed by atoms with van der Waals surface area (Å²) in [7, 11) is 0. The Balaban J connectivity index is 2.21. The van der Waals surface area contributed by atoms with Gasteiger partial charge in [0.15, 0.2) is 5.58 Å². The van der Waals surface area contributed by atoms with E-state index in [4.69, 9.17) is 16.0 Å². The molecule has 1 N–H and O–H groups in total. The molecule has 0 fully saturated rings. The van der Waals surface area contributed by atoms with Crippen molar-refractivity contribution in [2.75, 3.05) is 0 Å². The maximum atomic E-state index is 10.0. The van der Waals surface area contributed by atoms with Gasteiger partial charge in [0.2, 0.25) is 0 Å². The molecule has 0 radical (unpaired) electrons. The van der Waals surface area contributed by atoms with Crippen molar-refractivity contribution < 1.29 is 9.52 Å². The highest BCUT2D eigenvalue weighted by atomic mass is 35.5. The van der Waals surface area contributed by atoms with Gasteiger partial charge in [-0.05, 0) is 30.9 Å². The Bertz CT molecular complexity index is 502. The van der Waals surface area contributed by atoms with Crippen molar-refractivity contribution in [1.29, 1.82) is 0 Å². The Morgan fingerprint density at radius 2 is 2.06 bits per heavy atom. The van der Waals surface area contributed by atoms with Crippen LogP contribution in [0.25, 0.3) is 11.0 Å². The first-order valence-electron chi connectivity index (χ1n) is 5.94. The Morgan fingerprint density at radius 1 is 1.29 bits per heavy atom. The van der Waals surface area contributed by atoms with E-state index in [1.165, 1.54) is 0 Å². The number of hydrogen-bond donors (Lipinski definition) is 1. The quantitative estimate of drug-likeness (QED) is 0.866. The van der Waals surface area contributed by atoms with E-state index < -0.39 is 6.10 Å². The topological polar surface area (TPSA) is 33.4 Å². The lowest BCUT2D eigenvalue weighted by molar-refractivity contribution is 0.135. The molecule has 3 heteroatoms. The summed E-state index contributed by atoms with van der Waals surface area (Å²) in [4.78, 5) is 0. The van der Waals surface area contributed by atoms with E-state index in [0.717, 1.165) is 18.2 Å². The molecule has 0 saturated heterocycles. The van der Waals surface area contributed by atoms with Crippen LogP contribution < -0.4 is 0 Å². The lowest BCUT2D eigenvalue weighted by atomic mass is 10.0. The van der Waals surface area contributed by atoms with E-state index in [9.17, 15) is 5.11 Å². The molecule has 1 heterocycles. The molecule has 0 spiro atoms. The average Bonchev–Trinajstić information content (AvgIpc) is 2.71. The summed E-state index contributed by atoms with van der Waals surface area (Å²) in [5.74, 6) is 1.19. The van der Waals surface area contributed by atoms with Crippen LogP contribution in [-0.4, -0.2) is 5.11 Å². The van der Waals surface area contributed by atoms with Crippen molar-refractivity contribution in [2.45, 2.75) is 32.8 Å². The van der Waals surface area contributed by atoms with E-state index in [2.05, 4.69) is 13.8 Å². The summed E-state index contributed by atoms with van der Waals surface area (Å²) in [6.45, 7) is 4.28. The van der Waals surface area contributed by atoms with Gasteiger partial charge in [0.1, 0.15) is 11.9 Å². The molecule has 0 aliphatic carbocycles. The normalized spacial score (nSPS) is 13.5. The van der Waals surface area contributed by atoms with Crippen LogP contribution >= 0.6 is 11.6 Å². The van der Waals surface area contributed by atoms with Crippen molar-refractivity contribution in [3.8, 4) is 0 Å². The fourth-order valence-corrected chi connectivity index (χ4v) is 2.07. The predicted molar refractivity (Wildman–Crippen MR) is 70.3 cm³/mol. The Morgan fingerprint density at radius 3 is 2.71 bits per heavy atom. The second-order valence-corrected chi connectivity index (χ2v) is 5.20. The number of para-hydroxylation sites is 1. The van der Waals surface area contributed by atoms with Crippen LogP contribution in [0.15, 0.2) is 28.7 Å². The van der Waals surface area contributed by atoms with Gasteiger partial charge in [-0.25, -0.2) is 0 Å². The molecule has 17 heavy (non-hydrogen) atoms. The first-order chi connectivity index (χ1) is 8.08. The minimum atomic E-state index is -0.541. The van der Waals surface area contributed by atoms with Gasteiger partial charge in [-0.3, -0.25) is 0 Å². The maximum Gasteiger partial charge on any atom is 0.152 e. The summed E-state index contributed by atoms with van der Waals surface area (Å²) in [6, 6.07) is 7.47. The number of furan rings is 1. The highest BCUT2D eigenvalue weighted by molar-refractivity contribution is 6.34. The smallest absolute Gasteiger partial charge is 0.152 e. The van der Waals surface area contributed by atoms with Crippen molar-refractivity contribution in [3.05, 3.63) is 35.0 Å². The standard InChI is InChI=1S/C14H17ClO2/c1-9(2)6-7-12(16)13-8-10-4-3-5-11(15)14(10)17-13/h3-5,8-9,12,16H,6-7H2,1-2H3. The monoisotopic (exact) mass is 252 g/mol. The van der Waals surface area contributed by atoms with Crippen LogP contribution in [0.3, 0.4) is 0 Å². The minimum absolute atomic E-state index is 0.541. The highest BCUT2D eigenvalue weighted by Crippen LogP contribution is 2.31. The Hall–Kier alpha value is -0.990. The molecule has 0 aliphatic rings. The zero-order valence-corrected chi connectivity index (χ0v) is 10.9. The van der Waals surface area contributed by atoms with E-state index in [0.29, 0.717) is 22.3 Å². The predicted octanol–water partition coefficient (Wildman–Crippen LogP) is 4.56. The van der Waals surface area contributed by atoms with Gasteiger partial charge < -0.3 is 9.52 Å². The van der Waals surface area contributed by atoms with Crippen molar-refractivity contribution >= 4 is 22.6 Å². The van der Waals surface area contributed by atoms with Crippen molar-refractivity contribution in [2.24, 2.45) is 5.92 Å². The number of benzene rings is 1. The molecular weight excluding hydrogens is 236 g/mol. The van der Waals surface area contributed by atoms with E-state index in [1.54, 1.807) is 6.07 Å². The summed E-state index contributed by atoms with van der Waals surface area (Å²) < 4.78 is 5.61. The van der Waals surface area contributed by atoms with E-state index >= 15 is 0 Å². The fraction of sp³-hybridized carbons (Fsp3) is 0.429. The molecule has 1 aromatic heterocycles. The third-order valence-electron chi connectivity index (χ3n) is 2.86. The van der Waals surface area contributed by atoms with Crippen LogP contribution in [0.5, 0.6) is 0 Å². The third kappa shape index (κ3) is 2.82. The molecule has 92 valence electrons. The second kappa shape index (κ2) is 5.11. The highest BCUT2D eigenvalue weighted by Gasteiger charge is 2.14. The molecule has 0 amide bonds. The van der Waals surface area contributed by atoms with Gasteiger partial charge in [0.25, 0.3) is 0 Å². The first-order valence-corrected chi connectivity index (χ1v) is 6.31. The van der Waals surface area contributed by atoms with E-state index in [1.807, 2.05) is 18.2 Å². The van der Waals surface area contributed by atoms with Crippen LogP contribution in [0.4, 0.5) is 0 Å². The largest absolute Gasteiger partial charge is 0.457 e. The van der Waals surface area contributed by atoms with Crippen LogP contribution in [0, 0.1) is 5.92 Å². The minimum Gasteiger partial charge on any atom is -0.457 e. The van der Waals surface area contributed by atoms with E-state index in [-0.39, 0.29) is 0 Å². The zero-order chi connectivity index (χ0) is 12.4. The van der Waals surface area contributed by atoms with Gasteiger partial charge in [-0.2, -0.15) is 0 Å². The number of aliphatic hydroxyl groups excluding tert-OH is 1. The van der Waals surface area contributed by atoms with Gasteiger partial charge >= 0.3 is 0 Å². The number of rotatable bonds is 4. The van der Waals surface area contributed by atoms with Crippen LogP contribution in [-0.2, 0) is 0 Å². The molecule has 2 aromatic rings. The molecule has 2 rings (SSSR count). The lowest BCUT2D eigenvalue weighted by Gasteiger charge is -2.08. The number of hydrogen-bond acceptors (Lipinski definition) is 2. The van der Waals surface area contributed by atoms with Gasteiger partial charge in [-0.15, -0.1) is 0 Å². The molecule has 0 bridgehead atoms. The van der Waals surface area contributed by atoms with Gasteiger partial charge in [0, 0.05) is 5.39 Å². The van der Waals surface area contributed by atoms with Crippen LogP contribution in [0.1, 0.15) is 38.6 Å². The molecule has 0 aliphatic heterocycles. The molecule has 0 saturated carbocycles. The fourth-order valence-electron chi connectivity index (χ4n) is 1.85. The van der Waals surface area contributed by atoms with Crippen molar-refractivity contribution in [3.63, 3.8) is 0 Å². The van der Waals surface area contributed by atoms with Gasteiger partial charge in [0.05, 0.1) is 5.02 Å². The maximum absolute atomic E-state index is 10.0. The number of aliphatic hydroxyl groups is 1. The Labute approximate surface area is 106 Å². The molecule has 2 nitrogen and oxygen atoms in total. The molecule has 1 aromatic carbocycles. The Kier molecular flexibility index (Phi) is 3.75. The van der Waals surface area contributed by atoms with Crippen molar-refractivity contribution in [1.82, 2.24) is 0 Å². The number of halogens is 1. The molecule has 1 atom stereocenters.